The van der Waals surface area contributed by atoms with E-state index in [1.165, 1.54) is 11.0 Å². The van der Waals surface area contributed by atoms with Gasteiger partial charge in [0.05, 0.1) is 17.7 Å². The third-order valence-corrected chi connectivity index (χ3v) is 9.68. The summed E-state index contributed by atoms with van der Waals surface area (Å²) in [6.07, 6.45) is -0.164. The van der Waals surface area contributed by atoms with Crippen molar-refractivity contribution in [1.82, 2.24) is 15.2 Å². The number of ether oxygens (including phenoxy) is 3. The largest absolute Gasteiger partial charge is 0.494 e. The lowest BCUT2D eigenvalue weighted by molar-refractivity contribution is -0.136. The van der Waals surface area contributed by atoms with E-state index in [1.54, 1.807) is 30.5 Å². The third kappa shape index (κ3) is 6.87. The predicted octanol–water partition coefficient (Wildman–Crippen LogP) is 8.69. The molecule has 4 aromatic carbocycles. The molecule has 1 saturated heterocycles. The molecule has 0 saturated carbocycles. The number of amides is 3. The number of nitrogens with one attached hydrogen (secondary N) is 1. The molecule has 1 N–H and O–H groups in total. The van der Waals surface area contributed by atoms with Crippen molar-refractivity contribution < 1.29 is 37.0 Å². The highest BCUT2D eigenvalue weighted by molar-refractivity contribution is 6.07. The van der Waals surface area contributed by atoms with Crippen molar-refractivity contribution in [3.8, 4) is 28.4 Å². The summed E-state index contributed by atoms with van der Waals surface area (Å²) >= 11 is 0. The van der Waals surface area contributed by atoms with Crippen LogP contribution in [0, 0.1) is 0 Å². The molecule has 1 aromatic heterocycles. The zero-order valence-electron chi connectivity index (χ0n) is 28.7. The van der Waals surface area contributed by atoms with E-state index in [2.05, 4.69) is 10.3 Å². The van der Waals surface area contributed by atoms with Crippen LogP contribution in [-0.4, -0.2) is 48.2 Å². The summed E-state index contributed by atoms with van der Waals surface area (Å²) in [6.45, 7) is 3.39. The van der Waals surface area contributed by atoms with Crippen molar-refractivity contribution in [2.24, 2.45) is 0 Å². The number of carbonyl (C=O) groups is 2. The Labute approximate surface area is 299 Å². The number of carbonyl (C=O) groups excluding carboxylic acids is 2. The molecule has 7 rings (SSSR count). The minimum Gasteiger partial charge on any atom is -0.494 e. The first kappa shape index (κ1) is 34.9. The number of benzene rings is 4. The maximum Gasteiger partial charge on any atom is 0.418 e. The second-order valence-electron chi connectivity index (χ2n) is 13.0. The number of alkyl halides is 3. The number of hydrogen-bond donors (Lipinski definition) is 1. The van der Waals surface area contributed by atoms with Gasteiger partial charge in [-0.1, -0.05) is 67.6 Å². The van der Waals surface area contributed by atoms with E-state index in [0.717, 1.165) is 22.8 Å². The van der Waals surface area contributed by atoms with Crippen molar-refractivity contribution in [1.29, 1.82) is 0 Å². The summed E-state index contributed by atoms with van der Waals surface area (Å²) in [5.41, 5.74) is 1.84. The van der Waals surface area contributed by atoms with E-state index in [9.17, 15) is 22.8 Å². The zero-order valence-corrected chi connectivity index (χ0v) is 28.7. The monoisotopic (exact) mass is 709 g/mol. The van der Waals surface area contributed by atoms with Crippen molar-refractivity contribution in [2.75, 3.05) is 26.4 Å². The van der Waals surface area contributed by atoms with Gasteiger partial charge in [-0.25, -0.2) is 4.79 Å². The van der Waals surface area contributed by atoms with Crippen LogP contribution in [0.15, 0.2) is 97.2 Å². The first-order valence-corrected chi connectivity index (χ1v) is 17.5. The van der Waals surface area contributed by atoms with Crippen molar-refractivity contribution in [3.63, 3.8) is 0 Å². The smallest absolute Gasteiger partial charge is 0.418 e. The number of urea groups is 1. The third-order valence-electron chi connectivity index (χ3n) is 9.68. The first-order chi connectivity index (χ1) is 25.2. The molecule has 8 nitrogen and oxygen atoms in total. The van der Waals surface area contributed by atoms with Crippen LogP contribution in [0.25, 0.3) is 22.0 Å². The number of para-hydroxylation sites is 1. The Hall–Kier alpha value is -5.58. The van der Waals surface area contributed by atoms with E-state index in [0.29, 0.717) is 85.7 Å². The number of aromatic nitrogens is 1. The fourth-order valence-corrected chi connectivity index (χ4v) is 7.04. The second kappa shape index (κ2) is 14.6. The van der Waals surface area contributed by atoms with Crippen LogP contribution in [0.2, 0.25) is 0 Å². The van der Waals surface area contributed by atoms with Gasteiger partial charge in [0.2, 0.25) is 0 Å². The average molecular weight is 710 g/mol. The summed E-state index contributed by atoms with van der Waals surface area (Å²) in [6, 6.07) is 26.2. The van der Waals surface area contributed by atoms with Gasteiger partial charge in [0.15, 0.2) is 11.5 Å². The number of pyridine rings is 1. The maximum absolute atomic E-state index is 14.0. The van der Waals surface area contributed by atoms with E-state index in [4.69, 9.17) is 14.2 Å². The van der Waals surface area contributed by atoms with Crippen LogP contribution in [-0.2, 0) is 22.9 Å². The normalized spacial score (nSPS) is 17.0. The molecule has 52 heavy (non-hydrogen) atoms. The number of imide groups is 1. The quantitative estimate of drug-likeness (QED) is 0.103. The van der Waals surface area contributed by atoms with Gasteiger partial charge in [-0.2, -0.15) is 13.2 Å². The summed E-state index contributed by atoms with van der Waals surface area (Å²) < 4.78 is 59.4. The van der Waals surface area contributed by atoms with Crippen LogP contribution in [0.4, 0.5) is 18.0 Å². The van der Waals surface area contributed by atoms with Crippen molar-refractivity contribution in [3.05, 3.63) is 119 Å². The fourth-order valence-electron chi connectivity index (χ4n) is 7.04. The molecule has 268 valence electrons. The predicted molar refractivity (Wildman–Crippen MR) is 190 cm³/mol. The zero-order chi connectivity index (χ0) is 36.3. The van der Waals surface area contributed by atoms with Gasteiger partial charge >= 0.3 is 12.2 Å². The first-order valence-electron chi connectivity index (χ1n) is 17.5. The highest BCUT2D eigenvalue weighted by Crippen LogP contribution is 2.41. The Kier molecular flexibility index (Phi) is 9.77. The number of fused-ring (bicyclic) bond motifs is 2. The van der Waals surface area contributed by atoms with Gasteiger partial charge in [0.1, 0.15) is 24.5 Å². The molecular formula is C41H38F3N3O5. The summed E-state index contributed by atoms with van der Waals surface area (Å²) in [4.78, 5) is 32.2. The molecule has 0 bridgehead atoms. The molecule has 1 fully saturated rings. The molecule has 1 atom stereocenters. The van der Waals surface area contributed by atoms with Gasteiger partial charge in [-0.05, 0) is 90.3 Å². The summed E-state index contributed by atoms with van der Waals surface area (Å²) in [5.74, 6) is 1.46. The minimum absolute atomic E-state index is 0.0965. The van der Waals surface area contributed by atoms with E-state index >= 15 is 0 Å². The molecule has 11 heteroatoms. The molecule has 1 unspecified atom stereocenters. The highest BCUT2D eigenvalue weighted by atomic mass is 19.4. The Morgan fingerprint density at radius 2 is 1.67 bits per heavy atom. The molecule has 5 aromatic rings. The lowest BCUT2D eigenvalue weighted by atomic mass is 9.87. The Bertz CT molecular complexity index is 2110. The van der Waals surface area contributed by atoms with Crippen molar-refractivity contribution >= 4 is 22.8 Å². The van der Waals surface area contributed by atoms with Crippen LogP contribution in [0.1, 0.15) is 54.9 Å². The number of unbranched alkanes of at least 4 members (excludes halogenated alkanes) is 2. The maximum atomic E-state index is 14.0. The van der Waals surface area contributed by atoms with Crippen LogP contribution in [0.5, 0.6) is 17.2 Å². The van der Waals surface area contributed by atoms with Crippen LogP contribution >= 0.6 is 0 Å². The van der Waals surface area contributed by atoms with E-state index < -0.39 is 23.3 Å². The molecule has 2 aliphatic heterocycles. The molecule has 0 aliphatic carbocycles. The highest BCUT2D eigenvalue weighted by Gasteiger charge is 2.51. The minimum atomic E-state index is -4.55. The standard InChI is InChI=1S/C41H38F3N3O5/c1-2-40(30-17-18-34-35(25-30)52-22-21-51-34)38(48)47(39(49)46-40)19-7-4-8-20-50-31-14-9-13-28(24-31)36-29(23-27-11-5-3-6-12-27)26-45-37-32(36)15-10-16-33(37)41(42,43)44/h3,5-6,9-18,24-26H,2,4,7-8,19-23H2,1H3,(H,46,49). The second-order valence-corrected chi connectivity index (χ2v) is 13.0. The van der Waals surface area contributed by atoms with Crippen LogP contribution in [0.3, 0.4) is 0 Å². The van der Waals surface area contributed by atoms with E-state index in [-0.39, 0.29) is 18.0 Å². The van der Waals surface area contributed by atoms with E-state index in [1.807, 2.05) is 61.5 Å². The lowest BCUT2D eigenvalue weighted by Crippen LogP contribution is -2.43. The molecule has 0 radical (unpaired) electrons. The SMILES string of the molecule is CCC1(c2ccc3c(c2)OCCO3)NC(=O)N(CCCCCOc2cccc(-c3c(Cc4ccccc4)cnc4c(C(F)(F)F)cccc34)c2)C1=O. The molecule has 0 spiro atoms. The molecule has 2 aliphatic rings. The topological polar surface area (TPSA) is 90.0 Å². The average Bonchev–Trinajstić information content (AvgIpc) is 3.41. The number of nitrogens with zero attached hydrogens (tertiary/aromatic N) is 2. The molecule has 3 amide bonds. The lowest BCUT2D eigenvalue weighted by Gasteiger charge is -2.27. The Morgan fingerprint density at radius 3 is 2.46 bits per heavy atom. The van der Waals surface area contributed by atoms with Gasteiger partial charge in [-0.15, -0.1) is 0 Å². The van der Waals surface area contributed by atoms with Crippen LogP contribution < -0.4 is 19.5 Å². The molecular weight excluding hydrogens is 671 g/mol. The van der Waals surface area contributed by atoms with Gasteiger partial charge in [-0.3, -0.25) is 14.7 Å². The Balaban J connectivity index is 1.01. The number of rotatable bonds is 12. The number of hydrogen-bond acceptors (Lipinski definition) is 6. The van der Waals surface area contributed by atoms with Gasteiger partial charge < -0.3 is 19.5 Å². The molecule has 3 heterocycles. The fraction of sp³-hybridized carbons (Fsp3) is 0.293. The van der Waals surface area contributed by atoms with Crippen molar-refractivity contribution in [2.45, 2.75) is 50.7 Å². The van der Waals surface area contributed by atoms with Gasteiger partial charge in [0.25, 0.3) is 5.91 Å². The number of halogens is 3. The van der Waals surface area contributed by atoms with Gasteiger partial charge in [0, 0.05) is 18.1 Å². The summed E-state index contributed by atoms with van der Waals surface area (Å²) in [7, 11) is 0. The summed E-state index contributed by atoms with van der Waals surface area (Å²) in [5, 5.41) is 3.35. The Morgan fingerprint density at radius 1 is 0.885 bits per heavy atom.